The first-order valence-electron chi connectivity index (χ1n) is 1.72. The molecular weight excluding hydrogens is 128 g/mol. The first-order chi connectivity index (χ1) is 3.66. The molecule has 0 heterocycles. The van der Waals surface area contributed by atoms with Crippen LogP contribution in [-0.4, -0.2) is 17.3 Å². The lowest BCUT2D eigenvalue weighted by Crippen LogP contribution is -2.35. The number of rotatable bonds is 1. The van der Waals surface area contributed by atoms with Gasteiger partial charge >= 0.3 is 0 Å². The van der Waals surface area contributed by atoms with E-state index in [2.05, 4.69) is 12.2 Å². The SMILES string of the molecule is NC(=S)NC(=O)C=O. The smallest absolute Gasteiger partial charge is 0.290 e. The lowest BCUT2D eigenvalue weighted by atomic mass is 10.7. The molecule has 0 spiro atoms. The maximum absolute atomic E-state index is 9.98. The standard InChI is InChI=1S/C3H4N2O2S/c4-3(8)5-2(7)1-6/h1H,(H3,4,5,7,8). The van der Waals surface area contributed by atoms with E-state index in [1.54, 1.807) is 0 Å². The minimum Gasteiger partial charge on any atom is -0.376 e. The van der Waals surface area contributed by atoms with Crippen LogP contribution in [0.5, 0.6) is 0 Å². The molecule has 0 saturated heterocycles. The molecule has 0 fully saturated rings. The van der Waals surface area contributed by atoms with Crippen LogP contribution in [0.25, 0.3) is 0 Å². The van der Waals surface area contributed by atoms with E-state index in [0.717, 1.165) is 0 Å². The van der Waals surface area contributed by atoms with Gasteiger partial charge in [-0.3, -0.25) is 14.9 Å². The average Bonchev–Trinajstić information content (AvgIpc) is 1.65. The van der Waals surface area contributed by atoms with Gasteiger partial charge in [-0.25, -0.2) is 0 Å². The number of carbonyl (C=O) groups excluding carboxylic acids is 2. The van der Waals surface area contributed by atoms with Crippen LogP contribution in [0.3, 0.4) is 0 Å². The first kappa shape index (κ1) is 7.03. The summed E-state index contributed by atoms with van der Waals surface area (Å²) in [6.45, 7) is 0. The zero-order chi connectivity index (χ0) is 6.57. The highest BCUT2D eigenvalue weighted by molar-refractivity contribution is 7.80. The topological polar surface area (TPSA) is 72.2 Å². The van der Waals surface area contributed by atoms with Crippen molar-refractivity contribution in [2.24, 2.45) is 5.73 Å². The van der Waals surface area contributed by atoms with Crippen LogP contribution in [0.1, 0.15) is 0 Å². The Balaban J connectivity index is 3.55. The molecule has 0 rings (SSSR count). The molecule has 0 radical (unpaired) electrons. The maximum Gasteiger partial charge on any atom is 0.290 e. The summed E-state index contributed by atoms with van der Waals surface area (Å²) >= 11 is 4.22. The Bertz CT molecular complexity index is 133. The molecule has 0 bridgehead atoms. The van der Waals surface area contributed by atoms with Crippen molar-refractivity contribution in [1.82, 2.24) is 5.32 Å². The first-order valence-corrected chi connectivity index (χ1v) is 2.13. The summed E-state index contributed by atoms with van der Waals surface area (Å²) in [4.78, 5) is 19.5. The lowest BCUT2D eigenvalue weighted by molar-refractivity contribution is -0.130. The van der Waals surface area contributed by atoms with Crippen molar-refractivity contribution in [3.63, 3.8) is 0 Å². The fourth-order valence-electron chi connectivity index (χ4n) is 0.151. The summed E-state index contributed by atoms with van der Waals surface area (Å²) in [6.07, 6.45) is 0.0964. The zero-order valence-corrected chi connectivity index (χ0v) is 4.70. The van der Waals surface area contributed by atoms with Gasteiger partial charge in [-0.1, -0.05) is 0 Å². The van der Waals surface area contributed by atoms with Crippen molar-refractivity contribution in [3.8, 4) is 0 Å². The van der Waals surface area contributed by atoms with Crippen molar-refractivity contribution >= 4 is 29.5 Å². The van der Waals surface area contributed by atoms with E-state index >= 15 is 0 Å². The quantitative estimate of drug-likeness (QED) is 0.260. The molecule has 3 N–H and O–H groups in total. The molecule has 8 heavy (non-hydrogen) atoms. The molecule has 0 unspecified atom stereocenters. The number of aldehydes is 1. The fourth-order valence-corrected chi connectivity index (χ4v) is 0.251. The zero-order valence-electron chi connectivity index (χ0n) is 3.88. The summed E-state index contributed by atoms with van der Waals surface area (Å²) in [7, 11) is 0. The van der Waals surface area contributed by atoms with Gasteiger partial charge in [0.15, 0.2) is 5.11 Å². The minimum absolute atomic E-state index is 0.0964. The monoisotopic (exact) mass is 132 g/mol. The maximum atomic E-state index is 9.98. The Kier molecular flexibility index (Phi) is 2.71. The van der Waals surface area contributed by atoms with E-state index in [1.165, 1.54) is 0 Å². The third kappa shape index (κ3) is 3.23. The molecule has 0 aromatic rings. The highest BCUT2D eigenvalue weighted by Crippen LogP contribution is 1.55. The number of thiocarbonyl (C=S) groups is 1. The normalized spacial score (nSPS) is 7.50. The van der Waals surface area contributed by atoms with E-state index < -0.39 is 5.91 Å². The summed E-state index contributed by atoms with van der Waals surface area (Å²) in [6, 6.07) is 0. The van der Waals surface area contributed by atoms with E-state index in [0.29, 0.717) is 0 Å². The molecule has 5 heteroatoms. The highest BCUT2D eigenvalue weighted by atomic mass is 32.1. The summed E-state index contributed by atoms with van der Waals surface area (Å²) in [5.74, 6) is -0.822. The predicted molar refractivity (Wildman–Crippen MR) is 31.0 cm³/mol. The van der Waals surface area contributed by atoms with Crippen LogP contribution >= 0.6 is 12.2 Å². The second kappa shape index (κ2) is 3.09. The molecule has 0 aliphatic heterocycles. The molecular formula is C3H4N2O2S. The van der Waals surface area contributed by atoms with Gasteiger partial charge in [0.1, 0.15) is 0 Å². The second-order valence-electron chi connectivity index (χ2n) is 0.971. The molecule has 0 saturated carbocycles. The third-order valence-corrected chi connectivity index (χ3v) is 0.455. The van der Waals surface area contributed by atoms with Crippen LogP contribution < -0.4 is 11.1 Å². The Morgan fingerprint density at radius 2 is 2.25 bits per heavy atom. The van der Waals surface area contributed by atoms with Gasteiger partial charge in [0.05, 0.1) is 0 Å². The molecule has 44 valence electrons. The minimum atomic E-state index is -0.822. The molecule has 0 aromatic heterocycles. The summed E-state index contributed by atoms with van der Waals surface area (Å²) in [5.41, 5.74) is 4.81. The van der Waals surface area contributed by atoms with Crippen molar-refractivity contribution in [3.05, 3.63) is 0 Å². The molecule has 0 aliphatic carbocycles. The molecule has 0 atom stereocenters. The highest BCUT2D eigenvalue weighted by Gasteiger charge is 1.94. The van der Waals surface area contributed by atoms with Crippen LogP contribution in [0, 0.1) is 0 Å². The number of hydrogen-bond acceptors (Lipinski definition) is 3. The Hall–Kier alpha value is -0.970. The van der Waals surface area contributed by atoms with E-state index in [4.69, 9.17) is 5.73 Å². The van der Waals surface area contributed by atoms with Gasteiger partial charge < -0.3 is 5.73 Å². The van der Waals surface area contributed by atoms with Gasteiger partial charge in [-0.15, -0.1) is 0 Å². The number of hydrogen-bond donors (Lipinski definition) is 2. The van der Waals surface area contributed by atoms with E-state index in [-0.39, 0.29) is 11.4 Å². The van der Waals surface area contributed by atoms with Crippen LogP contribution in [0.2, 0.25) is 0 Å². The number of amides is 1. The van der Waals surface area contributed by atoms with Gasteiger partial charge in [-0.05, 0) is 12.2 Å². The van der Waals surface area contributed by atoms with Crippen LogP contribution in [0.4, 0.5) is 0 Å². The summed E-state index contributed by atoms with van der Waals surface area (Å²) < 4.78 is 0. The Morgan fingerprint density at radius 3 is 2.38 bits per heavy atom. The van der Waals surface area contributed by atoms with E-state index in [9.17, 15) is 9.59 Å². The fraction of sp³-hybridized carbons (Fsp3) is 0. The molecule has 0 aliphatic rings. The third-order valence-electron chi connectivity index (χ3n) is 0.353. The number of carbonyl (C=O) groups is 2. The van der Waals surface area contributed by atoms with Crippen molar-refractivity contribution in [2.45, 2.75) is 0 Å². The summed E-state index contributed by atoms with van der Waals surface area (Å²) in [5, 5.41) is 1.70. The largest absolute Gasteiger partial charge is 0.376 e. The average molecular weight is 132 g/mol. The predicted octanol–water partition coefficient (Wildman–Crippen LogP) is -1.45. The van der Waals surface area contributed by atoms with E-state index in [1.807, 2.05) is 5.32 Å². The van der Waals surface area contributed by atoms with Crippen molar-refractivity contribution < 1.29 is 9.59 Å². The van der Waals surface area contributed by atoms with Gasteiger partial charge in [0.2, 0.25) is 6.29 Å². The lowest BCUT2D eigenvalue weighted by Gasteiger charge is -1.91. The van der Waals surface area contributed by atoms with Crippen molar-refractivity contribution in [1.29, 1.82) is 0 Å². The van der Waals surface area contributed by atoms with Gasteiger partial charge in [0, 0.05) is 0 Å². The number of nitrogens with two attached hydrogens (primary N) is 1. The molecule has 0 aromatic carbocycles. The second-order valence-corrected chi connectivity index (χ2v) is 1.41. The van der Waals surface area contributed by atoms with Gasteiger partial charge in [-0.2, -0.15) is 0 Å². The molecule has 1 amide bonds. The Labute approximate surface area is 51.0 Å². The van der Waals surface area contributed by atoms with Gasteiger partial charge in [0.25, 0.3) is 5.91 Å². The van der Waals surface area contributed by atoms with Crippen molar-refractivity contribution in [2.75, 3.05) is 0 Å². The van der Waals surface area contributed by atoms with Crippen LogP contribution in [0.15, 0.2) is 0 Å². The molecule has 4 nitrogen and oxygen atoms in total. The van der Waals surface area contributed by atoms with Crippen LogP contribution in [-0.2, 0) is 9.59 Å². The Morgan fingerprint density at radius 1 is 1.75 bits per heavy atom. The number of nitrogens with one attached hydrogen (secondary N) is 1.